The van der Waals surface area contributed by atoms with Crippen LogP contribution in [0.2, 0.25) is 0 Å². The number of amides is 1. The average Bonchev–Trinajstić information content (AvgIpc) is 3.52. The van der Waals surface area contributed by atoms with Gasteiger partial charge in [-0.15, -0.1) is 0 Å². The van der Waals surface area contributed by atoms with Gasteiger partial charge >= 0.3 is 27.3 Å². The first-order valence-electron chi connectivity index (χ1n) is 12.9. The molecular formula is C28H25F2NO9S. The van der Waals surface area contributed by atoms with E-state index < -0.39 is 76.0 Å². The predicted molar refractivity (Wildman–Crippen MR) is 140 cm³/mol. The Morgan fingerprint density at radius 3 is 2.20 bits per heavy atom. The Labute approximate surface area is 232 Å². The van der Waals surface area contributed by atoms with Crippen LogP contribution < -0.4 is 0 Å². The van der Waals surface area contributed by atoms with Crippen molar-refractivity contribution in [2.24, 2.45) is 11.8 Å². The largest absolute Gasteiger partial charge is 0.458 e. The standard InChI is InChI=1S/C28H25F2NO9S/c1-13(2)31-21-22-19(25(31)32)20(26(33)38-12-28(29,30)41(35,36)37)23(39-22)24(21)40-27(34)18-16-9-5-3-7-14(16)11-15-8-4-6-10-17(15)18/h3-11,13,19-24H,12H2,1-2H3,(H,35,36,37). The number of ether oxygens (including phenoxy) is 3. The summed E-state index contributed by atoms with van der Waals surface area (Å²) in [5.74, 6) is -5.06. The number of benzene rings is 3. The van der Waals surface area contributed by atoms with Gasteiger partial charge in [0.1, 0.15) is 12.0 Å². The number of carbonyl (C=O) groups is 3. The highest BCUT2D eigenvalue weighted by Gasteiger charge is 2.73. The molecule has 0 saturated carbocycles. The lowest BCUT2D eigenvalue weighted by atomic mass is 9.78. The Hall–Kier alpha value is -3.68. The molecule has 0 aliphatic carbocycles. The third-order valence-electron chi connectivity index (χ3n) is 8.07. The van der Waals surface area contributed by atoms with Gasteiger partial charge in [-0.05, 0) is 41.5 Å². The van der Waals surface area contributed by atoms with E-state index in [0.29, 0.717) is 10.8 Å². The van der Waals surface area contributed by atoms with Crippen molar-refractivity contribution in [1.29, 1.82) is 0 Å². The molecule has 0 radical (unpaired) electrons. The molecule has 0 aromatic heterocycles. The molecule has 6 unspecified atom stereocenters. The van der Waals surface area contributed by atoms with Gasteiger partial charge in [-0.3, -0.25) is 14.1 Å². The zero-order valence-electron chi connectivity index (χ0n) is 21.8. The van der Waals surface area contributed by atoms with Gasteiger partial charge in [0, 0.05) is 6.04 Å². The van der Waals surface area contributed by atoms with Crippen LogP contribution in [0.5, 0.6) is 0 Å². The zero-order valence-corrected chi connectivity index (χ0v) is 22.6. The molecule has 3 saturated heterocycles. The maximum Gasteiger partial charge on any atom is 0.402 e. The number of alkyl halides is 2. The van der Waals surface area contributed by atoms with Crippen molar-refractivity contribution < 1.29 is 50.3 Å². The van der Waals surface area contributed by atoms with Crippen LogP contribution in [-0.4, -0.2) is 78.0 Å². The lowest BCUT2D eigenvalue weighted by Gasteiger charge is -2.33. The van der Waals surface area contributed by atoms with Gasteiger partial charge in [0.25, 0.3) is 0 Å². The fourth-order valence-electron chi connectivity index (χ4n) is 6.40. The molecule has 216 valence electrons. The van der Waals surface area contributed by atoms with Crippen LogP contribution in [0.15, 0.2) is 54.6 Å². The SMILES string of the molecule is CC(C)N1C(=O)C2C3OC(C(OC(=O)c4c5ccccc5cc5ccccc45)C31)C2C(=O)OCC(F)(F)S(=O)(=O)O. The van der Waals surface area contributed by atoms with E-state index in [1.54, 1.807) is 38.1 Å². The fraction of sp³-hybridized carbons (Fsp3) is 0.393. The molecule has 13 heteroatoms. The Balaban J connectivity index is 1.36. The Morgan fingerprint density at radius 2 is 1.63 bits per heavy atom. The summed E-state index contributed by atoms with van der Waals surface area (Å²) in [6.45, 7) is 1.53. The van der Waals surface area contributed by atoms with Gasteiger partial charge in [-0.1, -0.05) is 48.5 Å². The van der Waals surface area contributed by atoms with Gasteiger partial charge in [-0.25, -0.2) is 4.79 Å². The van der Waals surface area contributed by atoms with E-state index in [0.717, 1.165) is 10.8 Å². The lowest BCUT2D eigenvalue weighted by Crippen LogP contribution is -2.52. The molecule has 3 aromatic carbocycles. The smallest absolute Gasteiger partial charge is 0.402 e. The monoisotopic (exact) mass is 589 g/mol. The van der Waals surface area contributed by atoms with Crippen LogP contribution in [0, 0.1) is 11.8 Å². The van der Waals surface area contributed by atoms with Gasteiger partial charge in [0.05, 0.1) is 23.6 Å². The van der Waals surface area contributed by atoms with E-state index in [9.17, 15) is 31.6 Å². The molecule has 0 spiro atoms. The minimum atomic E-state index is -5.85. The Kier molecular flexibility index (Phi) is 6.32. The maximum absolute atomic E-state index is 13.9. The number of nitrogens with zero attached hydrogens (tertiary/aromatic N) is 1. The van der Waals surface area contributed by atoms with Crippen molar-refractivity contribution in [2.75, 3.05) is 6.61 Å². The van der Waals surface area contributed by atoms with E-state index in [2.05, 4.69) is 4.74 Å². The van der Waals surface area contributed by atoms with Crippen molar-refractivity contribution in [3.05, 3.63) is 60.2 Å². The van der Waals surface area contributed by atoms with Crippen LogP contribution in [0.1, 0.15) is 24.2 Å². The summed E-state index contributed by atoms with van der Waals surface area (Å²) in [5.41, 5.74) is 0.283. The Morgan fingerprint density at radius 1 is 1.05 bits per heavy atom. The number of hydrogen-bond donors (Lipinski definition) is 1. The molecular weight excluding hydrogens is 564 g/mol. The predicted octanol–water partition coefficient (Wildman–Crippen LogP) is 3.17. The van der Waals surface area contributed by atoms with Gasteiger partial charge in [-0.2, -0.15) is 17.2 Å². The summed E-state index contributed by atoms with van der Waals surface area (Å²) in [6.07, 6.45) is -3.23. The van der Waals surface area contributed by atoms with E-state index in [1.165, 1.54) is 4.90 Å². The molecule has 2 bridgehead atoms. The highest BCUT2D eigenvalue weighted by molar-refractivity contribution is 7.86. The molecule has 3 aliphatic heterocycles. The molecule has 1 amide bonds. The highest BCUT2D eigenvalue weighted by Crippen LogP contribution is 2.53. The van der Waals surface area contributed by atoms with E-state index in [-0.39, 0.29) is 11.6 Å². The second-order valence-electron chi connectivity index (χ2n) is 10.7. The van der Waals surface area contributed by atoms with E-state index in [4.69, 9.17) is 14.0 Å². The summed E-state index contributed by atoms with van der Waals surface area (Å²) < 4.78 is 74.9. The van der Waals surface area contributed by atoms with Crippen LogP contribution in [0.4, 0.5) is 8.78 Å². The number of likely N-dealkylation sites (tertiary alicyclic amines) is 1. The number of hydrogen-bond acceptors (Lipinski definition) is 8. The number of carbonyl (C=O) groups excluding carboxylic acids is 3. The van der Waals surface area contributed by atoms with Crippen molar-refractivity contribution in [2.45, 2.75) is 49.5 Å². The van der Waals surface area contributed by atoms with Crippen LogP contribution in [0.3, 0.4) is 0 Å². The van der Waals surface area contributed by atoms with E-state index in [1.807, 2.05) is 30.3 Å². The molecule has 6 atom stereocenters. The molecule has 3 aliphatic rings. The first-order chi connectivity index (χ1) is 19.3. The van der Waals surface area contributed by atoms with Crippen LogP contribution in [-0.2, 0) is 33.9 Å². The van der Waals surface area contributed by atoms with Gasteiger partial charge < -0.3 is 19.1 Å². The first-order valence-corrected chi connectivity index (χ1v) is 14.4. The lowest BCUT2D eigenvalue weighted by molar-refractivity contribution is -0.160. The molecule has 10 nitrogen and oxygen atoms in total. The summed E-state index contributed by atoms with van der Waals surface area (Å²) in [7, 11) is -5.85. The normalized spacial score (nSPS) is 27.3. The summed E-state index contributed by atoms with van der Waals surface area (Å²) in [4.78, 5) is 41.8. The third kappa shape index (κ3) is 4.17. The van der Waals surface area contributed by atoms with Crippen LogP contribution in [0.25, 0.3) is 21.5 Å². The quantitative estimate of drug-likeness (QED) is 0.250. The van der Waals surface area contributed by atoms with Crippen molar-refractivity contribution in [3.8, 4) is 0 Å². The number of rotatable bonds is 7. The first kappa shape index (κ1) is 27.5. The highest BCUT2D eigenvalue weighted by atomic mass is 32.2. The molecule has 3 heterocycles. The second-order valence-corrected chi connectivity index (χ2v) is 12.3. The van der Waals surface area contributed by atoms with Crippen molar-refractivity contribution in [1.82, 2.24) is 4.90 Å². The molecule has 6 rings (SSSR count). The zero-order chi connectivity index (χ0) is 29.4. The van der Waals surface area contributed by atoms with E-state index >= 15 is 0 Å². The summed E-state index contributed by atoms with van der Waals surface area (Å²) >= 11 is 0. The van der Waals surface area contributed by atoms with Crippen molar-refractivity contribution >= 4 is 49.5 Å². The summed E-state index contributed by atoms with van der Waals surface area (Å²) in [6, 6.07) is 15.3. The molecule has 1 N–H and O–H groups in total. The van der Waals surface area contributed by atoms with Crippen LogP contribution >= 0.6 is 0 Å². The topological polar surface area (TPSA) is 137 Å². The second kappa shape index (κ2) is 9.43. The average molecular weight is 590 g/mol. The molecule has 41 heavy (non-hydrogen) atoms. The number of esters is 2. The molecule has 3 aromatic rings. The minimum Gasteiger partial charge on any atom is -0.458 e. The Bertz CT molecular complexity index is 1660. The fourth-order valence-corrected chi connectivity index (χ4v) is 6.61. The summed E-state index contributed by atoms with van der Waals surface area (Å²) in [5, 5.41) is -1.91. The van der Waals surface area contributed by atoms with Crippen molar-refractivity contribution in [3.63, 3.8) is 0 Å². The van der Waals surface area contributed by atoms with Gasteiger partial charge in [0.2, 0.25) is 5.91 Å². The van der Waals surface area contributed by atoms with Gasteiger partial charge in [0.15, 0.2) is 12.7 Å². The minimum absolute atomic E-state index is 0.283. The maximum atomic E-state index is 13.9. The number of halogens is 2. The molecule has 3 fully saturated rings. The third-order valence-corrected chi connectivity index (χ3v) is 8.95. The number of fused-ring (bicyclic) bond motifs is 3.